The van der Waals surface area contributed by atoms with Gasteiger partial charge >= 0.3 is 0 Å². The zero-order valence-corrected chi connectivity index (χ0v) is 33.5. The lowest BCUT2D eigenvalue weighted by Crippen LogP contribution is -2.01. The highest BCUT2D eigenvalue weighted by atomic mass is 16.3. The second-order valence-corrected chi connectivity index (χ2v) is 15.8. The first-order valence-corrected chi connectivity index (χ1v) is 21.0. The number of para-hydroxylation sites is 2. The van der Waals surface area contributed by atoms with E-state index < -0.39 is 0 Å². The van der Waals surface area contributed by atoms with Gasteiger partial charge < -0.3 is 13.4 Å². The second-order valence-electron chi connectivity index (χ2n) is 15.8. The molecule has 0 radical (unpaired) electrons. The van der Waals surface area contributed by atoms with E-state index >= 15 is 0 Å². The smallest absolute Gasteiger partial charge is 0.164 e. The van der Waals surface area contributed by atoms with Gasteiger partial charge in [-0.25, -0.2) is 15.0 Å². The molecule has 4 heterocycles. The third kappa shape index (κ3) is 5.90. The molecule has 0 N–H and O–H groups in total. The molecule has 12 aromatic rings. The number of aryl methyl sites for hydroxylation is 1. The van der Waals surface area contributed by atoms with Crippen molar-refractivity contribution in [3.63, 3.8) is 0 Å². The summed E-state index contributed by atoms with van der Waals surface area (Å²) in [6, 6.07) is 61.5. The SMILES string of the molecule is CCCCc1ccc2c(c1)oc1ccc(-c3ccc4c(c3)c3ccccc3n4-c3cccc(-c4nc(-c5ccccc5)nc(-c5cccc6oc7ccccc7c56)n4)c3)cc12. The van der Waals surface area contributed by atoms with Gasteiger partial charge in [-0.05, 0) is 90.2 Å². The molecule has 6 nitrogen and oxygen atoms in total. The number of unbranched alkanes of at least 4 members (excludes halogenated alkanes) is 1. The Kier molecular flexibility index (Phi) is 8.17. The molecular formula is C55H38N4O2. The zero-order chi connectivity index (χ0) is 40.4. The van der Waals surface area contributed by atoms with Crippen LogP contribution in [0.5, 0.6) is 0 Å². The summed E-state index contributed by atoms with van der Waals surface area (Å²) in [6.07, 6.45) is 3.43. The third-order valence-corrected chi connectivity index (χ3v) is 12.0. The number of benzene rings is 8. The Morgan fingerprint density at radius 3 is 1.98 bits per heavy atom. The van der Waals surface area contributed by atoms with Gasteiger partial charge in [0.2, 0.25) is 0 Å². The highest BCUT2D eigenvalue weighted by Gasteiger charge is 2.19. The normalized spacial score (nSPS) is 11.9. The predicted molar refractivity (Wildman–Crippen MR) is 249 cm³/mol. The molecule has 0 unspecified atom stereocenters. The molecule has 0 spiro atoms. The first-order valence-electron chi connectivity index (χ1n) is 21.0. The Morgan fingerprint density at radius 2 is 1.10 bits per heavy atom. The van der Waals surface area contributed by atoms with E-state index in [1.54, 1.807) is 0 Å². The van der Waals surface area contributed by atoms with Crippen molar-refractivity contribution in [1.29, 1.82) is 0 Å². The maximum atomic E-state index is 6.35. The summed E-state index contributed by atoms with van der Waals surface area (Å²) < 4.78 is 15.0. The van der Waals surface area contributed by atoms with Crippen LogP contribution in [0.15, 0.2) is 185 Å². The molecule has 0 aliphatic heterocycles. The van der Waals surface area contributed by atoms with Crippen LogP contribution < -0.4 is 0 Å². The molecule has 0 atom stereocenters. The monoisotopic (exact) mass is 786 g/mol. The maximum absolute atomic E-state index is 6.35. The van der Waals surface area contributed by atoms with E-state index in [9.17, 15) is 0 Å². The quantitative estimate of drug-likeness (QED) is 0.153. The molecule has 61 heavy (non-hydrogen) atoms. The molecule has 0 bridgehead atoms. The van der Waals surface area contributed by atoms with Crippen LogP contribution in [0.25, 0.3) is 117 Å². The van der Waals surface area contributed by atoms with Gasteiger partial charge in [-0.1, -0.05) is 129 Å². The van der Waals surface area contributed by atoms with Crippen molar-refractivity contribution >= 4 is 65.7 Å². The van der Waals surface area contributed by atoms with Gasteiger partial charge in [-0.2, -0.15) is 0 Å². The summed E-state index contributed by atoms with van der Waals surface area (Å²) in [7, 11) is 0. The molecule has 12 rings (SSSR count). The van der Waals surface area contributed by atoms with E-state index in [1.165, 1.54) is 29.2 Å². The summed E-state index contributed by atoms with van der Waals surface area (Å²) in [6.45, 7) is 2.23. The van der Waals surface area contributed by atoms with Crippen molar-refractivity contribution < 1.29 is 8.83 Å². The van der Waals surface area contributed by atoms with Crippen molar-refractivity contribution in [2.24, 2.45) is 0 Å². The fourth-order valence-corrected chi connectivity index (χ4v) is 9.06. The summed E-state index contributed by atoms with van der Waals surface area (Å²) in [4.78, 5) is 15.4. The highest BCUT2D eigenvalue weighted by molar-refractivity contribution is 6.13. The van der Waals surface area contributed by atoms with Crippen molar-refractivity contribution in [2.45, 2.75) is 26.2 Å². The van der Waals surface area contributed by atoms with Gasteiger partial charge in [0.15, 0.2) is 17.5 Å². The molecule has 4 aromatic heterocycles. The van der Waals surface area contributed by atoms with Crippen LogP contribution in [0.3, 0.4) is 0 Å². The largest absolute Gasteiger partial charge is 0.456 e. The molecular weight excluding hydrogens is 749 g/mol. The van der Waals surface area contributed by atoms with E-state index in [0.29, 0.717) is 17.5 Å². The summed E-state index contributed by atoms with van der Waals surface area (Å²) in [5, 5.41) is 6.68. The molecule has 0 aliphatic rings. The van der Waals surface area contributed by atoms with E-state index in [4.69, 9.17) is 23.8 Å². The molecule has 0 aliphatic carbocycles. The summed E-state index contributed by atoms with van der Waals surface area (Å²) in [5.41, 5.74) is 13.1. The van der Waals surface area contributed by atoms with E-state index in [0.717, 1.165) is 94.8 Å². The molecule has 0 saturated carbocycles. The number of aromatic nitrogens is 4. The fourth-order valence-electron chi connectivity index (χ4n) is 9.06. The number of hydrogen-bond acceptors (Lipinski definition) is 5. The standard InChI is InChI=1S/C55H38N4O2/c1-2-3-13-34-24-27-41-45-33-37(26-29-49(45)61-51(41)30-34)36-25-28-47-44(32-36)40-18-7-9-21-46(40)59(47)39-17-11-16-38(31-39)54-56-53(35-14-5-4-6-15-35)57-55(58-54)43-20-12-23-50-52(43)42-19-8-10-22-48(42)60-50/h4-12,14-33H,2-3,13H2,1H3. The summed E-state index contributed by atoms with van der Waals surface area (Å²) >= 11 is 0. The molecule has 290 valence electrons. The maximum Gasteiger partial charge on any atom is 0.164 e. The number of fused-ring (bicyclic) bond motifs is 9. The van der Waals surface area contributed by atoms with Gasteiger partial charge in [0.1, 0.15) is 22.3 Å². The predicted octanol–water partition coefficient (Wildman–Crippen LogP) is 14.8. The van der Waals surface area contributed by atoms with E-state index in [2.05, 4.69) is 127 Å². The van der Waals surface area contributed by atoms with Gasteiger partial charge in [0.25, 0.3) is 0 Å². The fraction of sp³-hybridized carbons (Fsp3) is 0.0727. The molecule has 0 amide bonds. The Morgan fingerprint density at radius 1 is 0.426 bits per heavy atom. The van der Waals surface area contributed by atoms with Crippen LogP contribution in [0.1, 0.15) is 25.3 Å². The number of rotatable bonds is 8. The number of furan rings is 2. The van der Waals surface area contributed by atoms with Crippen molar-refractivity contribution in [3.05, 3.63) is 181 Å². The number of nitrogens with zero attached hydrogens (tertiary/aromatic N) is 4. The average Bonchev–Trinajstić information content (AvgIpc) is 4.00. The lowest BCUT2D eigenvalue weighted by Gasteiger charge is -2.12. The minimum Gasteiger partial charge on any atom is -0.456 e. The Hall–Kier alpha value is -7.83. The van der Waals surface area contributed by atoms with Gasteiger partial charge in [0.05, 0.1) is 11.0 Å². The zero-order valence-electron chi connectivity index (χ0n) is 33.5. The molecule has 6 heteroatoms. The minimum atomic E-state index is 0.592. The Balaban J connectivity index is 0.983. The average molecular weight is 787 g/mol. The molecule has 8 aromatic carbocycles. The number of hydrogen-bond donors (Lipinski definition) is 0. The topological polar surface area (TPSA) is 69.9 Å². The Labute approximate surface area is 351 Å². The van der Waals surface area contributed by atoms with Crippen LogP contribution in [0.2, 0.25) is 0 Å². The van der Waals surface area contributed by atoms with E-state index in [-0.39, 0.29) is 0 Å². The van der Waals surface area contributed by atoms with Crippen molar-refractivity contribution in [3.8, 4) is 51.0 Å². The van der Waals surface area contributed by atoms with Gasteiger partial charge in [-0.15, -0.1) is 0 Å². The lowest BCUT2D eigenvalue weighted by atomic mass is 10.00. The van der Waals surface area contributed by atoms with Crippen molar-refractivity contribution in [1.82, 2.24) is 19.5 Å². The van der Waals surface area contributed by atoms with Crippen LogP contribution in [0.4, 0.5) is 0 Å². The molecule has 0 fully saturated rings. The van der Waals surface area contributed by atoms with Crippen LogP contribution in [0, 0.1) is 0 Å². The Bertz CT molecular complexity index is 3650. The third-order valence-electron chi connectivity index (χ3n) is 12.0. The lowest BCUT2D eigenvalue weighted by molar-refractivity contribution is 0.667. The highest BCUT2D eigenvalue weighted by Crippen LogP contribution is 2.39. The second kappa shape index (κ2) is 14.2. The van der Waals surface area contributed by atoms with Gasteiger partial charge in [0, 0.05) is 54.7 Å². The van der Waals surface area contributed by atoms with Crippen molar-refractivity contribution in [2.75, 3.05) is 0 Å². The van der Waals surface area contributed by atoms with Crippen LogP contribution in [-0.2, 0) is 6.42 Å². The first kappa shape index (κ1) is 35.1. The van der Waals surface area contributed by atoms with Crippen LogP contribution >= 0.6 is 0 Å². The summed E-state index contributed by atoms with van der Waals surface area (Å²) in [5.74, 6) is 1.80. The van der Waals surface area contributed by atoms with Crippen LogP contribution in [-0.4, -0.2) is 19.5 Å². The minimum absolute atomic E-state index is 0.592. The van der Waals surface area contributed by atoms with E-state index in [1.807, 2.05) is 60.7 Å². The molecule has 0 saturated heterocycles. The first-order chi connectivity index (χ1) is 30.2. The van der Waals surface area contributed by atoms with Gasteiger partial charge in [-0.3, -0.25) is 0 Å².